The first-order valence-electron chi connectivity index (χ1n) is 8.12. The normalized spacial score (nSPS) is 10.3. The average molecular weight is 352 g/mol. The van der Waals surface area contributed by atoms with E-state index < -0.39 is 0 Å². The van der Waals surface area contributed by atoms with Crippen molar-refractivity contribution in [2.75, 3.05) is 6.61 Å². The molecule has 0 radical (unpaired) electrons. The van der Waals surface area contributed by atoms with E-state index in [1.807, 2.05) is 36.4 Å². The van der Waals surface area contributed by atoms with Crippen molar-refractivity contribution in [1.29, 1.82) is 0 Å². The second-order valence-electron chi connectivity index (χ2n) is 5.97. The van der Waals surface area contributed by atoms with Crippen molar-refractivity contribution in [2.45, 2.75) is 6.42 Å². The van der Waals surface area contributed by atoms with Gasteiger partial charge in [-0.3, -0.25) is 0 Å². The molecule has 2 N–H and O–H groups in total. The predicted octanol–water partition coefficient (Wildman–Crippen LogP) is 1.97. The molecule has 0 heterocycles. The van der Waals surface area contributed by atoms with Crippen LogP contribution in [0.3, 0.4) is 0 Å². The fourth-order valence-electron chi connectivity index (χ4n) is 3.49. The van der Waals surface area contributed by atoms with Crippen LogP contribution in [0.4, 0.5) is 0 Å². The molecule has 0 saturated carbocycles. The summed E-state index contributed by atoms with van der Waals surface area (Å²) in [5, 5.41) is 24.4. The zero-order valence-electron chi connectivity index (χ0n) is 18.8. The van der Waals surface area contributed by atoms with Crippen LogP contribution in [0.25, 0.3) is 32.7 Å². The van der Waals surface area contributed by atoms with Crippen LogP contribution in [0.1, 0.15) is 11.3 Å². The van der Waals surface area contributed by atoms with Crippen LogP contribution in [0.5, 0.6) is 5.75 Å². The molecule has 4 heteroatoms. The predicted molar refractivity (Wildman–Crippen MR) is 110 cm³/mol. The number of fused-ring (bicyclic) bond motifs is 2. The van der Waals surface area contributed by atoms with E-state index in [9.17, 15) is 10.2 Å². The van der Waals surface area contributed by atoms with E-state index in [1.54, 1.807) is 6.07 Å². The van der Waals surface area contributed by atoms with Crippen LogP contribution in [-0.2, 0) is 6.42 Å². The van der Waals surface area contributed by atoms with Gasteiger partial charge in [-0.15, -0.1) is 0 Å². The van der Waals surface area contributed by atoms with Crippen molar-refractivity contribution < 1.29 is 34.8 Å². The van der Waals surface area contributed by atoms with Gasteiger partial charge in [-0.2, -0.15) is 0 Å². The minimum absolute atomic E-state index is 0. The first kappa shape index (κ1) is 20.6. The van der Waals surface area contributed by atoms with E-state index in [-0.39, 0.29) is 54.3 Å². The maximum atomic E-state index is 10.5. The van der Waals surface area contributed by atoms with E-state index in [0.717, 1.165) is 38.2 Å². The summed E-state index contributed by atoms with van der Waals surface area (Å²) in [7, 11) is 0. The first-order chi connectivity index (χ1) is 11.8. The molecule has 0 fully saturated rings. The summed E-state index contributed by atoms with van der Waals surface area (Å²) < 4.78 is 0. The number of hydrogen-bond acceptors (Lipinski definition) is 2. The zero-order chi connectivity index (χ0) is 16.5. The largest absolute Gasteiger partial charge is 3.00 e. The summed E-state index contributed by atoms with van der Waals surface area (Å²) in [6.45, 7) is 0.00364. The summed E-state index contributed by atoms with van der Waals surface area (Å²) in [6.07, 6.45) is 0.426. The zero-order valence-corrected chi connectivity index (χ0v) is 16.0. The standard InChI is InChI=1S/C22H18O2.Al.Li.4H/c23-13-12-20-21(24)14-16-7-2-4-10-18(16)22(20)19-11-5-8-15-6-1-3-9-17(15)19;;;;;;/h1-11,14,23-24H,12-13H2;;;;;;/q;+3;+1;4*-1. The smallest absolute Gasteiger partial charge is 1.00 e. The fraction of sp³-hybridized carbons (Fsp3) is 0.0909. The summed E-state index contributed by atoms with van der Waals surface area (Å²) in [5.41, 5.74) is 2.90. The van der Waals surface area contributed by atoms with E-state index in [2.05, 4.69) is 30.3 Å². The quantitative estimate of drug-likeness (QED) is 0.554. The molecule has 0 aliphatic carbocycles. The first-order valence-corrected chi connectivity index (χ1v) is 8.12. The van der Waals surface area contributed by atoms with Crippen LogP contribution in [0, 0.1) is 0 Å². The molecule has 0 aliphatic rings. The van der Waals surface area contributed by atoms with Crippen LogP contribution < -0.4 is 18.9 Å². The Labute approximate surface area is 181 Å². The number of phenols is 1. The molecule has 0 spiro atoms. The number of aliphatic hydroxyl groups excluding tert-OH is 1. The van der Waals surface area contributed by atoms with E-state index in [0.29, 0.717) is 6.42 Å². The Balaban J connectivity index is -0.00000121. The molecule has 4 aromatic carbocycles. The van der Waals surface area contributed by atoms with Crippen molar-refractivity contribution in [1.82, 2.24) is 0 Å². The van der Waals surface area contributed by atoms with Gasteiger partial charge in [-0.1, -0.05) is 66.7 Å². The van der Waals surface area contributed by atoms with Crippen molar-refractivity contribution in [3.63, 3.8) is 0 Å². The maximum Gasteiger partial charge on any atom is 3.00 e. The molecule has 0 bridgehead atoms. The topological polar surface area (TPSA) is 40.5 Å². The Morgan fingerprint density at radius 1 is 0.769 bits per heavy atom. The Morgan fingerprint density at radius 3 is 2.12 bits per heavy atom. The molecule has 0 amide bonds. The molecule has 0 aliphatic heterocycles. The monoisotopic (exact) mass is 352 g/mol. The van der Waals surface area contributed by atoms with Crippen LogP contribution in [0.2, 0.25) is 0 Å². The number of benzene rings is 4. The molecule has 4 aromatic rings. The fourth-order valence-corrected chi connectivity index (χ4v) is 3.49. The molecule has 0 aromatic heterocycles. The summed E-state index contributed by atoms with van der Waals surface area (Å²) in [5.74, 6) is 0.241. The Morgan fingerprint density at radius 2 is 1.38 bits per heavy atom. The van der Waals surface area contributed by atoms with Gasteiger partial charge < -0.3 is 15.9 Å². The van der Waals surface area contributed by atoms with Crippen molar-refractivity contribution in [3.05, 3.63) is 78.4 Å². The Kier molecular flexibility index (Phi) is 6.96. The Hall–Kier alpha value is -1.71. The van der Waals surface area contributed by atoms with Gasteiger partial charge in [0.25, 0.3) is 0 Å². The summed E-state index contributed by atoms with van der Waals surface area (Å²) in [6, 6.07) is 24.3. The third-order valence-corrected chi connectivity index (χ3v) is 4.55. The third-order valence-electron chi connectivity index (χ3n) is 4.55. The average Bonchev–Trinajstić information content (AvgIpc) is 2.62. The summed E-state index contributed by atoms with van der Waals surface area (Å²) >= 11 is 0. The molecule has 26 heavy (non-hydrogen) atoms. The number of aliphatic hydroxyl groups is 1. The van der Waals surface area contributed by atoms with Gasteiger partial charge >= 0.3 is 36.2 Å². The van der Waals surface area contributed by atoms with Gasteiger partial charge in [0.2, 0.25) is 0 Å². The second kappa shape index (κ2) is 8.79. The molecular formula is C22H22AlLiO2. The maximum absolute atomic E-state index is 10.5. The van der Waals surface area contributed by atoms with E-state index in [1.165, 1.54) is 0 Å². The van der Waals surface area contributed by atoms with Gasteiger partial charge in [-0.05, 0) is 45.2 Å². The molecule has 0 atom stereocenters. The minimum Gasteiger partial charge on any atom is -1.00 e. The van der Waals surface area contributed by atoms with Crippen LogP contribution in [-0.4, -0.2) is 34.2 Å². The number of phenolic OH excluding ortho intramolecular Hbond substituents is 1. The van der Waals surface area contributed by atoms with Crippen molar-refractivity contribution in [2.24, 2.45) is 0 Å². The van der Waals surface area contributed by atoms with E-state index >= 15 is 0 Å². The second-order valence-corrected chi connectivity index (χ2v) is 5.97. The Bertz CT molecular complexity index is 1060. The third kappa shape index (κ3) is 3.56. The van der Waals surface area contributed by atoms with Gasteiger partial charge in [0, 0.05) is 12.2 Å². The number of hydrogen-bond donors (Lipinski definition) is 2. The summed E-state index contributed by atoms with van der Waals surface area (Å²) in [4.78, 5) is 0. The van der Waals surface area contributed by atoms with Crippen LogP contribution in [0.15, 0.2) is 72.8 Å². The van der Waals surface area contributed by atoms with Gasteiger partial charge in [-0.25, -0.2) is 0 Å². The minimum atomic E-state index is 0. The van der Waals surface area contributed by atoms with Crippen LogP contribution >= 0.6 is 0 Å². The van der Waals surface area contributed by atoms with Gasteiger partial charge in [0.15, 0.2) is 0 Å². The number of rotatable bonds is 3. The molecule has 2 nitrogen and oxygen atoms in total. The molecule has 4 rings (SSSR count). The molecule has 0 saturated heterocycles. The van der Waals surface area contributed by atoms with Crippen molar-refractivity contribution >= 4 is 38.9 Å². The molecular weight excluding hydrogens is 330 g/mol. The van der Waals surface area contributed by atoms with Gasteiger partial charge in [0.1, 0.15) is 5.75 Å². The van der Waals surface area contributed by atoms with E-state index in [4.69, 9.17) is 0 Å². The SMILES string of the molecule is OCCc1c(O)cc2ccccc2c1-c1cccc2ccccc12.[Al+3].[H-].[H-].[H-].[H-].[Li+]. The number of aromatic hydroxyl groups is 1. The molecule has 126 valence electrons. The van der Waals surface area contributed by atoms with Gasteiger partial charge in [0.05, 0.1) is 0 Å². The molecule has 0 unspecified atom stereocenters. The van der Waals surface area contributed by atoms with Crippen molar-refractivity contribution in [3.8, 4) is 16.9 Å².